The highest BCUT2D eigenvalue weighted by Crippen LogP contribution is 2.42. The predicted molar refractivity (Wildman–Crippen MR) is 138 cm³/mol. The van der Waals surface area contributed by atoms with Gasteiger partial charge in [0.25, 0.3) is 0 Å². The van der Waals surface area contributed by atoms with Crippen molar-refractivity contribution in [2.24, 2.45) is 5.92 Å². The first-order valence-electron chi connectivity index (χ1n) is 14.4. The average Bonchev–Trinajstić information content (AvgIpc) is 2.81. The van der Waals surface area contributed by atoms with Crippen LogP contribution in [-0.2, 0) is 9.53 Å². The minimum Gasteiger partial charge on any atom is -0.466 e. The molecular formula is C28H54N2O3. The highest BCUT2D eigenvalue weighted by atomic mass is 16.5. The Morgan fingerprint density at radius 2 is 1.42 bits per heavy atom. The van der Waals surface area contributed by atoms with E-state index in [-0.39, 0.29) is 17.5 Å². The molecule has 0 aromatic carbocycles. The second-order valence-corrected chi connectivity index (χ2v) is 10.0. The zero-order chi connectivity index (χ0) is 24.2. The Balaban J connectivity index is 0.00000265. The summed E-state index contributed by atoms with van der Waals surface area (Å²) in [6.45, 7) is 7.47. The van der Waals surface area contributed by atoms with Crippen molar-refractivity contribution in [3.63, 3.8) is 0 Å². The SMILES string of the molecule is CC.CCCCOC(=O)CCCCCCCCCCCNC(=O)NC12CCCC(CCC1)C2. The van der Waals surface area contributed by atoms with E-state index in [2.05, 4.69) is 17.6 Å². The fourth-order valence-electron chi connectivity index (χ4n) is 5.39. The van der Waals surface area contributed by atoms with Crippen molar-refractivity contribution in [3.8, 4) is 0 Å². The van der Waals surface area contributed by atoms with Gasteiger partial charge >= 0.3 is 12.0 Å². The number of rotatable bonds is 16. The molecule has 2 fully saturated rings. The van der Waals surface area contributed by atoms with Crippen LogP contribution in [0.3, 0.4) is 0 Å². The van der Waals surface area contributed by atoms with Gasteiger partial charge in [0.1, 0.15) is 0 Å². The van der Waals surface area contributed by atoms with Gasteiger partial charge in [0, 0.05) is 18.5 Å². The molecule has 0 radical (unpaired) electrons. The molecule has 2 bridgehead atoms. The monoisotopic (exact) mass is 466 g/mol. The Hall–Kier alpha value is -1.26. The van der Waals surface area contributed by atoms with Crippen LogP contribution in [0.15, 0.2) is 0 Å². The normalized spacial score (nSPS) is 21.5. The van der Waals surface area contributed by atoms with Crippen LogP contribution in [-0.4, -0.2) is 30.7 Å². The van der Waals surface area contributed by atoms with Crippen LogP contribution in [0.5, 0.6) is 0 Å². The molecule has 194 valence electrons. The fraction of sp³-hybridized carbons (Fsp3) is 0.929. The topological polar surface area (TPSA) is 67.4 Å². The first-order chi connectivity index (χ1) is 16.1. The summed E-state index contributed by atoms with van der Waals surface area (Å²) in [5.74, 6) is 0.812. The summed E-state index contributed by atoms with van der Waals surface area (Å²) in [5, 5.41) is 6.43. The van der Waals surface area contributed by atoms with Crippen molar-refractivity contribution in [3.05, 3.63) is 0 Å². The van der Waals surface area contributed by atoms with E-state index in [0.29, 0.717) is 13.0 Å². The van der Waals surface area contributed by atoms with Crippen LogP contribution < -0.4 is 10.6 Å². The molecule has 5 nitrogen and oxygen atoms in total. The quantitative estimate of drug-likeness (QED) is 0.181. The van der Waals surface area contributed by atoms with Crippen molar-refractivity contribution in [1.82, 2.24) is 10.6 Å². The Morgan fingerprint density at radius 1 is 0.848 bits per heavy atom. The highest BCUT2D eigenvalue weighted by molar-refractivity contribution is 5.74. The molecule has 2 saturated carbocycles. The molecule has 2 aliphatic rings. The number of unbranched alkanes of at least 4 members (excludes halogenated alkanes) is 9. The van der Waals surface area contributed by atoms with Crippen LogP contribution in [0.1, 0.15) is 143 Å². The largest absolute Gasteiger partial charge is 0.466 e. The number of nitrogens with one attached hydrogen (secondary N) is 2. The number of carbonyl (C=O) groups excluding carboxylic acids is 2. The van der Waals surface area contributed by atoms with Crippen LogP contribution in [0, 0.1) is 5.92 Å². The van der Waals surface area contributed by atoms with E-state index >= 15 is 0 Å². The van der Waals surface area contributed by atoms with Gasteiger partial charge in [-0.25, -0.2) is 4.79 Å². The van der Waals surface area contributed by atoms with Crippen LogP contribution >= 0.6 is 0 Å². The van der Waals surface area contributed by atoms with Crippen molar-refractivity contribution in [2.45, 2.75) is 148 Å². The Labute approximate surface area is 204 Å². The summed E-state index contributed by atoms with van der Waals surface area (Å²) in [6.07, 6.45) is 22.0. The third kappa shape index (κ3) is 13.9. The first-order valence-corrected chi connectivity index (χ1v) is 14.4. The summed E-state index contributed by atoms with van der Waals surface area (Å²) in [6, 6.07) is 0.0526. The standard InChI is InChI=1S/C26H48N2O3.C2H6/c1-2-3-21-31-24(29)17-11-9-7-5-4-6-8-10-12-20-27-25(30)28-26-18-13-15-23(22-26)16-14-19-26;1-2/h23H,2-22H2,1H3,(H2,27,28,30);1-2H3. The third-order valence-electron chi connectivity index (χ3n) is 7.20. The predicted octanol–water partition coefficient (Wildman–Crippen LogP) is 7.67. The minimum atomic E-state index is -0.0305. The molecule has 2 amide bonds. The Kier molecular flexibility index (Phi) is 17.2. The third-order valence-corrected chi connectivity index (χ3v) is 7.20. The number of esters is 1. The second-order valence-electron chi connectivity index (χ2n) is 10.0. The van der Waals surface area contributed by atoms with Gasteiger partial charge in [-0.2, -0.15) is 0 Å². The van der Waals surface area contributed by atoms with Gasteiger partial charge in [-0.3, -0.25) is 4.79 Å². The maximum Gasteiger partial charge on any atom is 0.315 e. The Bertz CT molecular complexity index is 499. The van der Waals surface area contributed by atoms with E-state index in [1.807, 2.05) is 13.8 Å². The fourth-order valence-corrected chi connectivity index (χ4v) is 5.39. The molecule has 0 spiro atoms. The molecule has 2 N–H and O–H groups in total. The number of urea groups is 1. The molecule has 0 atom stereocenters. The number of hydrogen-bond donors (Lipinski definition) is 2. The zero-order valence-electron chi connectivity index (χ0n) is 22.2. The lowest BCUT2D eigenvalue weighted by Crippen LogP contribution is -2.55. The molecule has 0 saturated heterocycles. The molecule has 2 rings (SSSR count). The summed E-state index contributed by atoms with van der Waals surface area (Å²) in [5.41, 5.74) is 0.0978. The van der Waals surface area contributed by atoms with E-state index < -0.39 is 0 Å². The molecule has 0 aromatic heterocycles. The lowest BCUT2D eigenvalue weighted by Gasteiger charge is -2.45. The van der Waals surface area contributed by atoms with Gasteiger partial charge in [-0.1, -0.05) is 97.8 Å². The maximum atomic E-state index is 12.3. The molecule has 2 aliphatic carbocycles. The smallest absolute Gasteiger partial charge is 0.315 e. The lowest BCUT2D eigenvalue weighted by atomic mass is 9.67. The number of amides is 2. The van der Waals surface area contributed by atoms with Gasteiger partial charge in [-0.15, -0.1) is 0 Å². The number of fused-ring (bicyclic) bond motifs is 2. The zero-order valence-corrected chi connectivity index (χ0v) is 22.2. The van der Waals surface area contributed by atoms with Gasteiger partial charge in [-0.05, 0) is 44.4 Å². The summed E-state index contributed by atoms with van der Waals surface area (Å²) < 4.78 is 5.18. The Morgan fingerprint density at radius 3 is 2.03 bits per heavy atom. The van der Waals surface area contributed by atoms with E-state index in [0.717, 1.165) is 44.6 Å². The van der Waals surface area contributed by atoms with Gasteiger partial charge in [0.2, 0.25) is 0 Å². The van der Waals surface area contributed by atoms with E-state index in [9.17, 15) is 9.59 Å². The van der Waals surface area contributed by atoms with Crippen LogP contribution in [0.2, 0.25) is 0 Å². The highest BCUT2D eigenvalue weighted by Gasteiger charge is 2.40. The number of hydrogen-bond acceptors (Lipinski definition) is 3. The maximum absolute atomic E-state index is 12.3. The molecule has 0 aliphatic heterocycles. The van der Waals surface area contributed by atoms with Crippen LogP contribution in [0.4, 0.5) is 4.79 Å². The molecule has 33 heavy (non-hydrogen) atoms. The van der Waals surface area contributed by atoms with Gasteiger partial charge < -0.3 is 15.4 Å². The van der Waals surface area contributed by atoms with E-state index in [1.54, 1.807) is 0 Å². The number of ether oxygens (including phenoxy) is 1. The van der Waals surface area contributed by atoms with Crippen molar-refractivity contribution in [1.29, 1.82) is 0 Å². The van der Waals surface area contributed by atoms with Gasteiger partial charge in [0.05, 0.1) is 6.61 Å². The molecule has 0 aromatic rings. The first kappa shape index (κ1) is 29.8. The van der Waals surface area contributed by atoms with Crippen LogP contribution in [0.25, 0.3) is 0 Å². The molecule has 0 heterocycles. The number of carbonyl (C=O) groups is 2. The second kappa shape index (κ2) is 19.1. The van der Waals surface area contributed by atoms with Crippen molar-refractivity contribution < 1.29 is 14.3 Å². The minimum absolute atomic E-state index is 0.0305. The van der Waals surface area contributed by atoms with E-state index in [1.165, 1.54) is 83.5 Å². The van der Waals surface area contributed by atoms with Crippen molar-refractivity contribution in [2.75, 3.05) is 13.2 Å². The molecule has 5 heteroatoms. The molecule has 0 unspecified atom stereocenters. The van der Waals surface area contributed by atoms with Gasteiger partial charge in [0.15, 0.2) is 0 Å². The van der Waals surface area contributed by atoms with E-state index in [4.69, 9.17) is 4.74 Å². The summed E-state index contributed by atoms with van der Waals surface area (Å²) >= 11 is 0. The lowest BCUT2D eigenvalue weighted by molar-refractivity contribution is -0.143. The summed E-state index contributed by atoms with van der Waals surface area (Å²) in [7, 11) is 0. The summed E-state index contributed by atoms with van der Waals surface area (Å²) in [4.78, 5) is 23.8. The average molecular weight is 467 g/mol. The molecular weight excluding hydrogens is 412 g/mol. The van der Waals surface area contributed by atoms with Crippen molar-refractivity contribution >= 4 is 12.0 Å².